The molecular weight excluding hydrogens is 720 g/mol. The van der Waals surface area contributed by atoms with Crippen LogP contribution in [0.5, 0.6) is 40.2 Å². The van der Waals surface area contributed by atoms with Gasteiger partial charge in [-0.2, -0.15) is 0 Å². The molecule has 18 heteroatoms. The van der Waals surface area contributed by atoms with E-state index in [1.165, 1.54) is 57.5 Å². The molecule has 0 radical (unpaired) electrons. The molecular formula is C36H40O18. The maximum atomic E-state index is 13.8. The summed E-state index contributed by atoms with van der Waals surface area (Å²) in [5.41, 5.74) is -0.551. The Morgan fingerprint density at radius 1 is 0.722 bits per heavy atom. The topological polar surface area (TPSA) is 277 Å². The number of phenols is 4. The summed E-state index contributed by atoms with van der Waals surface area (Å²) in [6, 6.07) is 10.3. The summed E-state index contributed by atoms with van der Waals surface area (Å²) in [7, 11) is 2.69. The largest absolute Gasteiger partial charge is 0.508 e. The lowest BCUT2D eigenvalue weighted by Gasteiger charge is -2.43. The minimum Gasteiger partial charge on any atom is -0.508 e. The molecule has 2 fully saturated rings. The van der Waals surface area contributed by atoms with Gasteiger partial charge in [0.15, 0.2) is 23.5 Å². The first kappa shape index (κ1) is 38.8. The van der Waals surface area contributed by atoms with Gasteiger partial charge in [-0.25, -0.2) is 0 Å². The van der Waals surface area contributed by atoms with Crippen molar-refractivity contribution in [3.8, 4) is 51.6 Å². The average Bonchev–Trinajstić information content (AvgIpc) is 3.14. The number of methoxy groups -OCH3 is 2. The van der Waals surface area contributed by atoms with E-state index in [1.807, 2.05) is 0 Å². The van der Waals surface area contributed by atoms with Gasteiger partial charge >= 0.3 is 0 Å². The van der Waals surface area contributed by atoms with Crippen molar-refractivity contribution in [3.63, 3.8) is 0 Å². The van der Waals surface area contributed by atoms with Crippen molar-refractivity contribution in [2.45, 2.75) is 74.9 Å². The zero-order valence-corrected chi connectivity index (χ0v) is 29.0. The highest BCUT2D eigenvalue weighted by molar-refractivity contribution is 5.88. The number of ether oxygens (including phenoxy) is 7. The number of aliphatic hydroxyl groups is 5. The van der Waals surface area contributed by atoms with Crippen molar-refractivity contribution in [1.82, 2.24) is 0 Å². The van der Waals surface area contributed by atoms with E-state index in [2.05, 4.69) is 0 Å². The Labute approximate surface area is 306 Å². The van der Waals surface area contributed by atoms with E-state index in [1.54, 1.807) is 0 Å². The van der Waals surface area contributed by atoms with E-state index in [4.69, 9.17) is 37.6 Å². The molecule has 0 amide bonds. The van der Waals surface area contributed by atoms with Crippen LogP contribution in [0.4, 0.5) is 0 Å². The molecule has 1 aromatic heterocycles. The fourth-order valence-electron chi connectivity index (χ4n) is 6.17. The summed E-state index contributed by atoms with van der Waals surface area (Å²) < 4.78 is 45.5. The lowest BCUT2D eigenvalue weighted by Crippen LogP contribution is -2.62. The molecule has 0 bridgehead atoms. The van der Waals surface area contributed by atoms with Gasteiger partial charge in [-0.1, -0.05) is 0 Å². The lowest BCUT2D eigenvalue weighted by molar-refractivity contribution is -0.325. The third kappa shape index (κ3) is 7.56. The van der Waals surface area contributed by atoms with Gasteiger partial charge in [0.1, 0.15) is 70.9 Å². The van der Waals surface area contributed by atoms with Crippen LogP contribution in [0.2, 0.25) is 0 Å². The van der Waals surface area contributed by atoms with Crippen LogP contribution in [0.1, 0.15) is 12.5 Å². The highest BCUT2D eigenvalue weighted by atomic mass is 16.7. The Hall–Kier alpha value is -4.89. The van der Waals surface area contributed by atoms with Crippen molar-refractivity contribution in [1.29, 1.82) is 0 Å². The van der Waals surface area contributed by atoms with Crippen LogP contribution in [-0.4, -0.2) is 128 Å². The Bertz CT molecular complexity index is 1970. The molecule has 0 aliphatic carbocycles. The predicted octanol–water partition coefficient (Wildman–Crippen LogP) is 0.555. The number of rotatable bonds is 11. The molecule has 10 atom stereocenters. The normalized spacial score (nSPS) is 28.5. The molecule has 9 N–H and O–H groups in total. The molecule has 3 aromatic carbocycles. The number of hydrogen-bond donors (Lipinski definition) is 9. The summed E-state index contributed by atoms with van der Waals surface area (Å²) in [6.07, 6.45) is -15.6. The van der Waals surface area contributed by atoms with E-state index in [0.717, 1.165) is 12.1 Å². The van der Waals surface area contributed by atoms with E-state index in [9.17, 15) is 50.8 Å². The van der Waals surface area contributed by atoms with Gasteiger partial charge in [-0.05, 0) is 48.9 Å². The van der Waals surface area contributed by atoms with Crippen molar-refractivity contribution < 1.29 is 83.5 Å². The van der Waals surface area contributed by atoms with E-state index in [-0.39, 0.29) is 46.5 Å². The predicted molar refractivity (Wildman–Crippen MR) is 182 cm³/mol. The van der Waals surface area contributed by atoms with Crippen LogP contribution in [-0.2, 0) is 25.6 Å². The standard InChI is InChI=1S/C36H40O18/c1-14-25(40)30(45)34(49-12-15-8-21(47-2)26(41)22(9-15)48-3)36(51-14)50-13-23-27(42)29(44)31(46)35(53-23)54-33-28(43)24-19(39)10-18(38)11-20(24)52-32(33)16-4-6-17(37)7-5-16/h4-11,14,23,25,27,29-31,34-42,44-46H,12-13H2,1-3H3. The number of fused-ring (bicyclic) bond motifs is 1. The molecule has 4 aromatic rings. The van der Waals surface area contributed by atoms with Crippen LogP contribution in [0.3, 0.4) is 0 Å². The first-order valence-electron chi connectivity index (χ1n) is 16.6. The molecule has 2 aliphatic heterocycles. The van der Waals surface area contributed by atoms with Gasteiger partial charge in [0.25, 0.3) is 0 Å². The fourth-order valence-corrected chi connectivity index (χ4v) is 6.17. The van der Waals surface area contributed by atoms with Crippen molar-refractivity contribution in [2.75, 3.05) is 20.8 Å². The molecule has 292 valence electrons. The maximum Gasteiger partial charge on any atom is 0.239 e. The van der Waals surface area contributed by atoms with E-state index >= 15 is 0 Å². The Kier molecular flexibility index (Phi) is 11.4. The molecule has 18 nitrogen and oxygen atoms in total. The molecule has 6 rings (SSSR count). The highest BCUT2D eigenvalue weighted by Gasteiger charge is 2.48. The number of phenolic OH excluding ortho intramolecular Hbond substituents is 4. The van der Waals surface area contributed by atoms with Crippen molar-refractivity contribution in [3.05, 3.63) is 64.3 Å². The maximum absolute atomic E-state index is 13.8. The van der Waals surface area contributed by atoms with E-state index in [0.29, 0.717) is 5.56 Å². The zero-order valence-electron chi connectivity index (χ0n) is 29.0. The molecule has 3 heterocycles. The Morgan fingerprint density at radius 2 is 1.39 bits per heavy atom. The zero-order chi connectivity index (χ0) is 39.0. The number of aromatic hydroxyl groups is 4. The first-order chi connectivity index (χ1) is 25.7. The third-order valence-corrected chi connectivity index (χ3v) is 9.14. The Balaban J connectivity index is 1.25. The SMILES string of the molecule is COc1cc(COC2C(OCC3OC(Oc4c(-c5ccc(O)cc5)oc5cc(O)cc(O)c5c4=O)C(O)C(O)C3O)OC(C)C(O)C2O)cc(OC)c1O. The van der Waals surface area contributed by atoms with Crippen LogP contribution >= 0.6 is 0 Å². The van der Waals surface area contributed by atoms with Crippen molar-refractivity contribution in [2.24, 2.45) is 0 Å². The fraction of sp³-hybridized carbons (Fsp3) is 0.417. The number of benzene rings is 3. The summed E-state index contributed by atoms with van der Waals surface area (Å²) >= 11 is 0. The van der Waals surface area contributed by atoms with Gasteiger partial charge in [-0.15, -0.1) is 0 Å². The van der Waals surface area contributed by atoms with Gasteiger partial charge in [0.2, 0.25) is 23.2 Å². The van der Waals surface area contributed by atoms with Gasteiger partial charge in [0.05, 0.1) is 33.5 Å². The molecule has 2 aliphatic rings. The average molecular weight is 761 g/mol. The summed E-state index contributed by atoms with van der Waals surface area (Å²) in [4.78, 5) is 13.8. The summed E-state index contributed by atoms with van der Waals surface area (Å²) in [6.45, 7) is 0.685. The molecule has 2 saturated heterocycles. The molecule has 10 unspecified atom stereocenters. The number of hydrogen-bond acceptors (Lipinski definition) is 18. The van der Waals surface area contributed by atoms with Gasteiger partial charge in [0, 0.05) is 17.7 Å². The smallest absolute Gasteiger partial charge is 0.239 e. The van der Waals surface area contributed by atoms with Gasteiger partial charge < -0.3 is 83.5 Å². The van der Waals surface area contributed by atoms with Crippen LogP contribution in [0.15, 0.2) is 57.7 Å². The van der Waals surface area contributed by atoms with Crippen molar-refractivity contribution >= 4 is 11.0 Å². The monoisotopic (exact) mass is 760 g/mol. The first-order valence-corrected chi connectivity index (χ1v) is 16.6. The van der Waals surface area contributed by atoms with Crippen LogP contribution in [0, 0.1) is 0 Å². The molecule has 0 saturated carbocycles. The minimum atomic E-state index is -1.95. The van der Waals surface area contributed by atoms with Gasteiger partial charge in [-0.3, -0.25) is 4.79 Å². The second-order valence-electron chi connectivity index (χ2n) is 12.8. The quantitative estimate of drug-likeness (QED) is 0.101. The van der Waals surface area contributed by atoms with E-state index < -0.39 is 96.1 Å². The second-order valence-corrected chi connectivity index (χ2v) is 12.8. The second kappa shape index (κ2) is 15.8. The minimum absolute atomic E-state index is 0.0866. The van der Waals surface area contributed by atoms with Crippen LogP contribution in [0.25, 0.3) is 22.3 Å². The number of aliphatic hydroxyl groups excluding tert-OH is 5. The molecule has 0 spiro atoms. The highest BCUT2D eigenvalue weighted by Crippen LogP contribution is 2.39. The summed E-state index contributed by atoms with van der Waals surface area (Å²) in [5.74, 6) is -2.10. The lowest BCUT2D eigenvalue weighted by atomic mass is 9.98. The molecule has 54 heavy (non-hydrogen) atoms. The Morgan fingerprint density at radius 3 is 2.04 bits per heavy atom. The van der Waals surface area contributed by atoms with Crippen LogP contribution < -0.4 is 19.6 Å². The third-order valence-electron chi connectivity index (χ3n) is 9.14. The summed E-state index contributed by atoms with van der Waals surface area (Å²) in [5, 5.41) is 94.4.